The number of carbonyl (C=O) groups is 1. The van der Waals surface area contributed by atoms with Crippen LogP contribution in [0.3, 0.4) is 0 Å². The first kappa shape index (κ1) is 27.2. The van der Waals surface area contributed by atoms with Crippen LogP contribution < -0.4 is 0 Å². The highest BCUT2D eigenvalue weighted by Gasteiger charge is 2.41. The van der Waals surface area contributed by atoms with E-state index in [4.69, 9.17) is 16.0 Å². The first-order valence-electron chi connectivity index (χ1n) is 11.2. The smallest absolute Gasteiger partial charge is 0.244 e. The van der Waals surface area contributed by atoms with Gasteiger partial charge < -0.3 is 4.43 Å². The molecule has 0 aromatic heterocycles. The minimum Gasteiger partial charge on any atom is -0.416 e. The summed E-state index contributed by atoms with van der Waals surface area (Å²) in [5.41, 5.74) is 1.25. The van der Waals surface area contributed by atoms with E-state index < -0.39 is 24.4 Å². The Labute approximate surface area is 213 Å². The molecule has 1 aliphatic heterocycles. The van der Waals surface area contributed by atoms with Crippen molar-refractivity contribution in [2.24, 2.45) is 0 Å². The van der Waals surface area contributed by atoms with Crippen LogP contribution in [-0.2, 0) is 19.2 Å². The quantitative estimate of drug-likeness (QED) is 0.292. The molecule has 1 heterocycles. The highest BCUT2D eigenvalue weighted by molar-refractivity contribution is 8.14. The molecule has 34 heavy (non-hydrogen) atoms. The summed E-state index contributed by atoms with van der Waals surface area (Å²) in [4.78, 5) is 13.4. The third-order valence-corrected chi connectivity index (χ3v) is 13.9. The summed E-state index contributed by atoms with van der Waals surface area (Å²) < 4.78 is 34.5. The van der Waals surface area contributed by atoms with Gasteiger partial charge in [-0.2, -0.15) is 4.31 Å². The number of thioether (sulfide) groups is 1. The maximum absolute atomic E-state index is 13.5. The molecule has 0 saturated carbocycles. The van der Waals surface area contributed by atoms with Gasteiger partial charge in [0.15, 0.2) is 8.32 Å². The van der Waals surface area contributed by atoms with E-state index in [2.05, 4.69) is 33.9 Å². The molecule has 1 aliphatic rings. The van der Waals surface area contributed by atoms with Crippen LogP contribution in [0.5, 0.6) is 0 Å². The fourth-order valence-corrected chi connectivity index (χ4v) is 7.01. The number of sulfonamides is 1. The fraction of sp³-hybridized carbons (Fsp3) is 0.400. The first-order chi connectivity index (χ1) is 15.8. The molecule has 0 aliphatic carbocycles. The molecule has 3 rings (SSSR count). The van der Waals surface area contributed by atoms with Gasteiger partial charge in [-0.1, -0.05) is 80.5 Å². The van der Waals surface area contributed by atoms with Crippen LogP contribution in [0.1, 0.15) is 32.4 Å². The molecule has 9 heteroatoms. The molecule has 0 radical (unpaired) electrons. The van der Waals surface area contributed by atoms with Crippen LogP contribution >= 0.6 is 23.4 Å². The molecule has 0 unspecified atom stereocenters. The lowest BCUT2D eigenvalue weighted by molar-refractivity contribution is -0.108. The lowest BCUT2D eigenvalue weighted by atomic mass is 10.0. The minimum atomic E-state index is -3.84. The minimum absolute atomic E-state index is 0.102. The van der Waals surface area contributed by atoms with E-state index in [1.54, 1.807) is 18.2 Å². The van der Waals surface area contributed by atoms with Gasteiger partial charge in [0.25, 0.3) is 0 Å². The van der Waals surface area contributed by atoms with Gasteiger partial charge in [0.1, 0.15) is 0 Å². The third-order valence-electron chi connectivity index (χ3n) is 6.43. The Morgan fingerprint density at radius 2 is 1.74 bits per heavy atom. The number of hydrogen-bond acceptors (Lipinski definition) is 5. The number of rotatable bonds is 8. The van der Waals surface area contributed by atoms with Crippen molar-refractivity contribution >= 4 is 46.8 Å². The molecule has 0 fully saturated rings. The summed E-state index contributed by atoms with van der Waals surface area (Å²) in [7, 11) is -5.73. The van der Waals surface area contributed by atoms with Gasteiger partial charge in [0.2, 0.25) is 15.1 Å². The maximum atomic E-state index is 13.5. The average molecular weight is 538 g/mol. The molecule has 5 nitrogen and oxygen atoms in total. The van der Waals surface area contributed by atoms with Crippen molar-refractivity contribution in [3.63, 3.8) is 0 Å². The zero-order valence-corrected chi connectivity index (χ0v) is 23.6. The van der Waals surface area contributed by atoms with Gasteiger partial charge in [0.05, 0.1) is 10.9 Å². The van der Waals surface area contributed by atoms with E-state index in [-0.39, 0.29) is 21.6 Å². The summed E-state index contributed by atoms with van der Waals surface area (Å²) in [5, 5.41) is 0.441. The lowest BCUT2D eigenvalue weighted by Crippen LogP contribution is -2.41. The molecule has 0 spiro atoms. The number of nitrogens with zero attached hydrogens (tertiary/aromatic N) is 1. The Morgan fingerprint density at radius 3 is 2.32 bits per heavy atom. The molecular formula is C25H32ClNO4S2Si. The van der Waals surface area contributed by atoms with Gasteiger partial charge in [-0.05, 0) is 48.0 Å². The Kier molecular flexibility index (Phi) is 8.53. The van der Waals surface area contributed by atoms with E-state index in [0.29, 0.717) is 23.0 Å². The normalized spacial score (nSPS) is 17.6. The van der Waals surface area contributed by atoms with E-state index in [9.17, 15) is 13.2 Å². The van der Waals surface area contributed by atoms with Gasteiger partial charge >= 0.3 is 0 Å². The highest BCUT2D eigenvalue weighted by Crippen LogP contribution is 2.40. The molecule has 2 aromatic rings. The summed E-state index contributed by atoms with van der Waals surface area (Å²) in [6.45, 7) is 11.5. The second-order valence-corrected chi connectivity index (χ2v) is 18.0. The zero-order valence-electron chi connectivity index (χ0n) is 20.2. The van der Waals surface area contributed by atoms with Gasteiger partial charge in [0, 0.05) is 29.5 Å². The molecule has 0 amide bonds. The van der Waals surface area contributed by atoms with Crippen molar-refractivity contribution in [2.45, 2.75) is 49.8 Å². The van der Waals surface area contributed by atoms with Crippen molar-refractivity contribution in [3.05, 3.63) is 76.8 Å². The Balaban J connectivity index is 1.78. The van der Waals surface area contributed by atoms with Crippen molar-refractivity contribution in [1.82, 2.24) is 4.31 Å². The lowest BCUT2D eigenvalue weighted by Gasteiger charge is -2.36. The largest absolute Gasteiger partial charge is 0.416 e. The number of benzene rings is 2. The van der Waals surface area contributed by atoms with Crippen LogP contribution in [0.4, 0.5) is 0 Å². The standard InChI is InChI=1S/C25H32ClNO4S2Si/c1-25(2,3)34(4,5)31-17-18-32-24(28)22-15-16-27(23(22)19-9-7-6-8-10-19)33(29,30)21-13-11-20(26)12-14-21/h6-15,23H,16-18H2,1-5H3/t23-/m0/s1. The Morgan fingerprint density at radius 1 is 1.12 bits per heavy atom. The third kappa shape index (κ3) is 6.03. The van der Waals surface area contributed by atoms with Crippen LogP contribution in [0.25, 0.3) is 0 Å². The van der Waals surface area contributed by atoms with E-state index in [1.165, 1.54) is 28.2 Å². The predicted molar refractivity (Wildman–Crippen MR) is 143 cm³/mol. The van der Waals surface area contributed by atoms with Crippen LogP contribution in [0.2, 0.25) is 23.2 Å². The fourth-order valence-electron chi connectivity index (χ4n) is 3.45. The van der Waals surface area contributed by atoms with Crippen LogP contribution in [-0.4, -0.2) is 45.1 Å². The topological polar surface area (TPSA) is 63.7 Å². The van der Waals surface area contributed by atoms with E-state index in [0.717, 1.165) is 5.56 Å². The van der Waals surface area contributed by atoms with Crippen molar-refractivity contribution in [1.29, 1.82) is 0 Å². The van der Waals surface area contributed by atoms with Gasteiger partial charge in [-0.3, -0.25) is 4.79 Å². The second-order valence-electron chi connectivity index (χ2n) is 9.75. The summed E-state index contributed by atoms with van der Waals surface area (Å²) in [5.74, 6) is 0.522. The Hall–Kier alpha value is -1.42. The first-order valence-corrected chi connectivity index (χ1v) is 16.9. The second kappa shape index (κ2) is 10.7. The summed E-state index contributed by atoms with van der Waals surface area (Å²) >= 11 is 7.14. The average Bonchev–Trinajstić information content (AvgIpc) is 3.23. The zero-order chi connectivity index (χ0) is 25.1. The van der Waals surface area contributed by atoms with Crippen molar-refractivity contribution in [3.8, 4) is 0 Å². The van der Waals surface area contributed by atoms with Gasteiger partial charge in [-0.25, -0.2) is 8.42 Å². The van der Waals surface area contributed by atoms with Gasteiger partial charge in [-0.15, -0.1) is 0 Å². The van der Waals surface area contributed by atoms with E-state index in [1.807, 2.05) is 30.3 Å². The predicted octanol–water partition coefficient (Wildman–Crippen LogP) is 6.29. The van der Waals surface area contributed by atoms with Crippen LogP contribution in [0.15, 0.2) is 71.1 Å². The van der Waals surface area contributed by atoms with Crippen molar-refractivity contribution < 1.29 is 17.6 Å². The molecule has 0 saturated heterocycles. The van der Waals surface area contributed by atoms with Crippen molar-refractivity contribution in [2.75, 3.05) is 18.9 Å². The summed E-state index contributed by atoms with van der Waals surface area (Å²) in [6.07, 6.45) is 1.73. The molecule has 0 bridgehead atoms. The number of hydrogen-bond donors (Lipinski definition) is 0. The molecule has 1 atom stereocenters. The highest BCUT2D eigenvalue weighted by atomic mass is 35.5. The molecule has 184 valence electrons. The molecule has 2 aromatic carbocycles. The number of halogens is 1. The molecule has 0 N–H and O–H groups in total. The Bertz CT molecular complexity index is 1140. The number of carbonyl (C=O) groups excluding carboxylic acids is 1. The van der Waals surface area contributed by atoms with E-state index >= 15 is 0 Å². The van der Waals surface area contributed by atoms with Crippen LogP contribution in [0, 0.1) is 0 Å². The molecular weight excluding hydrogens is 506 g/mol. The monoisotopic (exact) mass is 537 g/mol. The SMILES string of the molecule is CC(C)(C)[Si](C)(C)OCCSC(=O)C1=CCN(S(=O)(=O)c2ccc(Cl)cc2)[C@H]1c1ccccc1. The summed E-state index contributed by atoms with van der Waals surface area (Å²) in [6, 6.07) is 14.7. The maximum Gasteiger partial charge on any atom is 0.244 e.